The molecule has 1 aromatic carbocycles. The first-order valence-electron chi connectivity index (χ1n) is 8.07. The lowest BCUT2D eigenvalue weighted by Crippen LogP contribution is -2.50. The van der Waals surface area contributed by atoms with Crippen molar-refractivity contribution in [1.82, 2.24) is 9.80 Å². The van der Waals surface area contributed by atoms with Crippen molar-refractivity contribution in [2.45, 2.75) is 25.3 Å². The van der Waals surface area contributed by atoms with Crippen molar-refractivity contribution >= 4 is 11.8 Å². The van der Waals surface area contributed by atoms with Gasteiger partial charge in [0.05, 0.1) is 13.2 Å². The fourth-order valence-corrected chi connectivity index (χ4v) is 3.20. The minimum Gasteiger partial charge on any atom is -0.378 e. The summed E-state index contributed by atoms with van der Waals surface area (Å²) in [5, 5.41) is 0. The molecule has 0 radical (unpaired) electrons. The Labute approximate surface area is 135 Å². The van der Waals surface area contributed by atoms with E-state index in [4.69, 9.17) is 4.74 Å². The largest absolute Gasteiger partial charge is 0.378 e. The van der Waals surface area contributed by atoms with Crippen LogP contribution in [0.5, 0.6) is 0 Å². The van der Waals surface area contributed by atoms with Gasteiger partial charge in [-0.15, -0.1) is 0 Å². The number of ketones is 1. The summed E-state index contributed by atoms with van der Waals surface area (Å²) >= 11 is 0. The number of benzene rings is 1. The third kappa shape index (κ3) is 3.69. The average Bonchev–Trinajstić information content (AvgIpc) is 3.03. The number of carbonyl (C=O) groups excluding carboxylic acids is 2. The van der Waals surface area contributed by atoms with E-state index < -0.39 is 0 Å². The van der Waals surface area contributed by atoms with Gasteiger partial charge in [0.25, 0.3) is 0 Å². The van der Waals surface area contributed by atoms with Crippen molar-refractivity contribution in [3.63, 3.8) is 0 Å². The highest BCUT2D eigenvalue weighted by Gasteiger charge is 2.33. The van der Waals surface area contributed by atoms with E-state index in [1.54, 1.807) is 4.90 Å². The lowest BCUT2D eigenvalue weighted by atomic mass is 10.0. The van der Waals surface area contributed by atoms with Gasteiger partial charge in [0.15, 0.2) is 5.78 Å². The molecule has 0 aliphatic carbocycles. The highest BCUT2D eigenvalue weighted by molar-refractivity contribution is 5.96. The number of Topliss-reactive ketones (excluding diaryl/α,β-unsaturated/α-hetero) is 1. The SMILES string of the molecule is O=C(C[C@@H]1CCCN1C(=O)N1CCOCC1)c1ccc(F)cc1. The summed E-state index contributed by atoms with van der Waals surface area (Å²) in [5.74, 6) is -0.400. The zero-order chi connectivity index (χ0) is 16.2. The van der Waals surface area contributed by atoms with Crippen molar-refractivity contribution in [2.24, 2.45) is 0 Å². The Hall–Kier alpha value is -1.95. The van der Waals surface area contributed by atoms with Crippen LogP contribution in [0.4, 0.5) is 9.18 Å². The number of urea groups is 1. The molecule has 0 spiro atoms. The van der Waals surface area contributed by atoms with Crippen LogP contribution in [0.15, 0.2) is 24.3 Å². The fraction of sp³-hybridized carbons (Fsp3) is 0.529. The maximum absolute atomic E-state index is 12.9. The van der Waals surface area contributed by atoms with Gasteiger partial charge in [-0.1, -0.05) is 0 Å². The van der Waals surface area contributed by atoms with Gasteiger partial charge in [0, 0.05) is 37.7 Å². The van der Waals surface area contributed by atoms with Crippen molar-refractivity contribution in [2.75, 3.05) is 32.8 Å². The first-order chi connectivity index (χ1) is 11.1. The van der Waals surface area contributed by atoms with Gasteiger partial charge in [-0.25, -0.2) is 9.18 Å². The second-order valence-corrected chi connectivity index (χ2v) is 6.01. The Morgan fingerprint density at radius 2 is 1.83 bits per heavy atom. The second kappa shape index (κ2) is 7.08. The predicted octanol–water partition coefficient (Wildman–Crippen LogP) is 2.32. The standard InChI is InChI=1S/C17H21FN2O3/c18-14-5-3-13(4-6-14)16(21)12-15-2-1-7-20(15)17(22)19-8-10-23-11-9-19/h3-6,15H,1-2,7-12H2/t15-/m0/s1. The normalized spacial score (nSPS) is 21.5. The van der Waals surface area contributed by atoms with Crippen molar-refractivity contribution < 1.29 is 18.7 Å². The quantitative estimate of drug-likeness (QED) is 0.803. The van der Waals surface area contributed by atoms with E-state index in [2.05, 4.69) is 0 Å². The minimum atomic E-state index is -0.355. The van der Waals surface area contributed by atoms with Crippen LogP contribution in [0.25, 0.3) is 0 Å². The molecule has 2 fully saturated rings. The molecule has 1 atom stereocenters. The van der Waals surface area contributed by atoms with Crippen LogP contribution in [0.2, 0.25) is 0 Å². The molecule has 0 unspecified atom stereocenters. The number of rotatable bonds is 3. The summed E-state index contributed by atoms with van der Waals surface area (Å²) in [6.07, 6.45) is 2.04. The van der Waals surface area contributed by atoms with E-state index in [0.29, 0.717) is 44.8 Å². The number of likely N-dealkylation sites (tertiary alicyclic amines) is 1. The summed E-state index contributed by atoms with van der Waals surface area (Å²) in [7, 11) is 0. The number of halogens is 1. The molecule has 2 saturated heterocycles. The molecule has 2 amide bonds. The molecule has 0 N–H and O–H groups in total. The summed E-state index contributed by atoms with van der Waals surface area (Å²) in [6, 6.07) is 5.52. The van der Waals surface area contributed by atoms with Crippen LogP contribution in [-0.2, 0) is 4.74 Å². The van der Waals surface area contributed by atoms with E-state index in [1.165, 1.54) is 24.3 Å². The van der Waals surface area contributed by atoms with E-state index in [0.717, 1.165) is 12.8 Å². The van der Waals surface area contributed by atoms with Gasteiger partial charge in [0.2, 0.25) is 0 Å². The third-order valence-corrected chi connectivity index (χ3v) is 4.49. The zero-order valence-electron chi connectivity index (χ0n) is 13.0. The van der Waals surface area contributed by atoms with Gasteiger partial charge in [-0.2, -0.15) is 0 Å². The summed E-state index contributed by atoms with van der Waals surface area (Å²) in [6.45, 7) is 3.04. The first kappa shape index (κ1) is 15.9. The zero-order valence-corrected chi connectivity index (χ0v) is 13.0. The molecule has 0 bridgehead atoms. The Balaban J connectivity index is 1.63. The second-order valence-electron chi connectivity index (χ2n) is 6.01. The van der Waals surface area contributed by atoms with Crippen LogP contribution >= 0.6 is 0 Å². The van der Waals surface area contributed by atoms with Crippen LogP contribution in [0, 0.1) is 5.82 Å². The Morgan fingerprint density at radius 1 is 1.13 bits per heavy atom. The number of morpholine rings is 1. The number of amides is 2. The summed E-state index contributed by atoms with van der Waals surface area (Å²) in [5.41, 5.74) is 0.497. The number of nitrogens with zero attached hydrogens (tertiary/aromatic N) is 2. The van der Waals surface area contributed by atoms with Crippen molar-refractivity contribution in [3.05, 3.63) is 35.6 Å². The van der Waals surface area contributed by atoms with Crippen LogP contribution < -0.4 is 0 Å². The topological polar surface area (TPSA) is 49.9 Å². The molecule has 2 aliphatic heterocycles. The van der Waals surface area contributed by atoms with Crippen molar-refractivity contribution in [3.8, 4) is 0 Å². The molecule has 2 aliphatic rings. The number of hydrogen-bond donors (Lipinski definition) is 0. The molecule has 0 aromatic heterocycles. The summed E-state index contributed by atoms with van der Waals surface area (Å²) < 4.78 is 18.2. The highest BCUT2D eigenvalue weighted by Crippen LogP contribution is 2.23. The highest BCUT2D eigenvalue weighted by atomic mass is 19.1. The van der Waals surface area contributed by atoms with Gasteiger partial charge >= 0.3 is 6.03 Å². The van der Waals surface area contributed by atoms with Gasteiger partial charge in [0.1, 0.15) is 5.82 Å². The van der Waals surface area contributed by atoms with Crippen LogP contribution in [-0.4, -0.2) is 60.5 Å². The molecular formula is C17H21FN2O3. The number of ether oxygens (including phenoxy) is 1. The van der Waals surface area contributed by atoms with Crippen LogP contribution in [0.3, 0.4) is 0 Å². The molecule has 1 aromatic rings. The van der Waals surface area contributed by atoms with E-state index in [-0.39, 0.29) is 23.7 Å². The average molecular weight is 320 g/mol. The third-order valence-electron chi connectivity index (χ3n) is 4.49. The smallest absolute Gasteiger partial charge is 0.320 e. The van der Waals surface area contributed by atoms with Gasteiger partial charge in [-0.05, 0) is 37.1 Å². The van der Waals surface area contributed by atoms with Gasteiger partial charge in [-0.3, -0.25) is 4.79 Å². The molecule has 124 valence electrons. The van der Waals surface area contributed by atoms with Crippen LogP contribution in [0.1, 0.15) is 29.6 Å². The maximum atomic E-state index is 12.9. The molecule has 3 rings (SSSR count). The molecule has 23 heavy (non-hydrogen) atoms. The lowest BCUT2D eigenvalue weighted by Gasteiger charge is -2.33. The van der Waals surface area contributed by atoms with Gasteiger partial charge < -0.3 is 14.5 Å². The molecular weight excluding hydrogens is 299 g/mol. The first-order valence-corrected chi connectivity index (χ1v) is 8.07. The van der Waals surface area contributed by atoms with E-state index in [9.17, 15) is 14.0 Å². The monoisotopic (exact) mass is 320 g/mol. The summed E-state index contributed by atoms with van der Waals surface area (Å²) in [4.78, 5) is 28.6. The lowest BCUT2D eigenvalue weighted by molar-refractivity contribution is 0.0418. The Kier molecular flexibility index (Phi) is 4.91. The van der Waals surface area contributed by atoms with E-state index >= 15 is 0 Å². The predicted molar refractivity (Wildman–Crippen MR) is 82.9 cm³/mol. The Morgan fingerprint density at radius 3 is 2.52 bits per heavy atom. The minimum absolute atomic E-state index is 0.00251. The number of hydrogen-bond acceptors (Lipinski definition) is 3. The van der Waals surface area contributed by atoms with E-state index in [1.807, 2.05) is 4.90 Å². The fourth-order valence-electron chi connectivity index (χ4n) is 3.20. The van der Waals surface area contributed by atoms with Crippen molar-refractivity contribution in [1.29, 1.82) is 0 Å². The molecule has 0 saturated carbocycles. The number of carbonyl (C=O) groups is 2. The molecule has 2 heterocycles. The molecule has 6 heteroatoms. The Bertz CT molecular complexity index is 570. The maximum Gasteiger partial charge on any atom is 0.320 e. The molecule has 5 nitrogen and oxygen atoms in total.